The van der Waals surface area contributed by atoms with E-state index in [2.05, 4.69) is 20.6 Å². The zero-order valence-corrected chi connectivity index (χ0v) is 9.44. The molecule has 0 saturated heterocycles. The maximum atomic E-state index is 12.3. The molecular weight excluding hydrogens is 247 g/mol. The minimum absolute atomic E-state index is 0.365. The van der Waals surface area contributed by atoms with E-state index in [9.17, 15) is 13.2 Å². The van der Waals surface area contributed by atoms with E-state index in [1.165, 1.54) is 6.07 Å². The lowest BCUT2D eigenvalue weighted by atomic mass is 10.3. The molecular formula is C10H10F3N5. The molecule has 0 aliphatic heterocycles. The summed E-state index contributed by atoms with van der Waals surface area (Å²) in [5.74, 6) is 0.365. The number of aryl methyl sites for hydroxylation is 1. The van der Waals surface area contributed by atoms with Crippen molar-refractivity contribution < 1.29 is 13.2 Å². The molecule has 0 amide bonds. The fourth-order valence-electron chi connectivity index (χ4n) is 1.32. The SMILES string of the molecule is Cn1nncc1CNc1ccc(C(F)(F)F)cn1. The van der Waals surface area contributed by atoms with Crippen molar-refractivity contribution in [3.63, 3.8) is 0 Å². The van der Waals surface area contributed by atoms with Crippen molar-refractivity contribution in [2.24, 2.45) is 7.05 Å². The van der Waals surface area contributed by atoms with Crippen LogP contribution in [0.25, 0.3) is 0 Å². The molecule has 2 aromatic rings. The molecule has 0 atom stereocenters. The van der Waals surface area contributed by atoms with Crippen molar-refractivity contribution in [3.05, 3.63) is 35.8 Å². The van der Waals surface area contributed by atoms with Gasteiger partial charge in [0, 0.05) is 13.2 Å². The van der Waals surface area contributed by atoms with Gasteiger partial charge in [-0.1, -0.05) is 5.21 Å². The molecule has 96 valence electrons. The average Bonchev–Trinajstić information content (AvgIpc) is 2.72. The van der Waals surface area contributed by atoms with Gasteiger partial charge in [-0.05, 0) is 12.1 Å². The number of hydrogen-bond donors (Lipinski definition) is 1. The van der Waals surface area contributed by atoms with Crippen LogP contribution in [-0.4, -0.2) is 20.0 Å². The maximum absolute atomic E-state index is 12.3. The van der Waals surface area contributed by atoms with Crippen molar-refractivity contribution >= 4 is 5.82 Å². The monoisotopic (exact) mass is 257 g/mol. The Bertz CT molecular complexity index is 517. The van der Waals surface area contributed by atoms with Crippen LogP contribution >= 0.6 is 0 Å². The largest absolute Gasteiger partial charge is 0.417 e. The van der Waals surface area contributed by atoms with E-state index in [0.29, 0.717) is 12.4 Å². The maximum Gasteiger partial charge on any atom is 0.417 e. The molecule has 0 bridgehead atoms. The zero-order valence-electron chi connectivity index (χ0n) is 9.44. The van der Waals surface area contributed by atoms with Crippen molar-refractivity contribution in [2.75, 3.05) is 5.32 Å². The van der Waals surface area contributed by atoms with Crippen LogP contribution in [0.3, 0.4) is 0 Å². The molecule has 18 heavy (non-hydrogen) atoms. The van der Waals surface area contributed by atoms with E-state index >= 15 is 0 Å². The molecule has 0 radical (unpaired) electrons. The highest BCUT2D eigenvalue weighted by molar-refractivity contribution is 5.36. The van der Waals surface area contributed by atoms with Crippen molar-refractivity contribution in [2.45, 2.75) is 12.7 Å². The molecule has 2 rings (SSSR count). The molecule has 0 fully saturated rings. The molecule has 2 aromatic heterocycles. The summed E-state index contributed by atoms with van der Waals surface area (Å²) in [6.45, 7) is 0.391. The third-order valence-corrected chi connectivity index (χ3v) is 2.35. The molecule has 8 heteroatoms. The Labute approximate surface area is 101 Å². The predicted molar refractivity (Wildman–Crippen MR) is 57.6 cm³/mol. The topological polar surface area (TPSA) is 55.6 Å². The second-order valence-electron chi connectivity index (χ2n) is 3.63. The lowest BCUT2D eigenvalue weighted by Gasteiger charge is -2.08. The van der Waals surface area contributed by atoms with Crippen LogP contribution in [-0.2, 0) is 19.8 Å². The van der Waals surface area contributed by atoms with E-state index in [1.807, 2.05) is 0 Å². The molecule has 0 spiro atoms. The first-order valence-corrected chi connectivity index (χ1v) is 5.07. The Hall–Kier alpha value is -2.12. The first-order valence-electron chi connectivity index (χ1n) is 5.07. The number of nitrogens with one attached hydrogen (secondary N) is 1. The second kappa shape index (κ2) is 4.63. The number of aromatic nitrogens is 4. The van der Waals surface area contributed by atoms with Crippen molar-refractivity contribution in [1.82, 2.24) is 20.0 Å². The number of pyridine rings is 1. The zero-order chi connectivity index (χ0) is 13.2. The van der Waals surface area contributed by atoms with Crippen LogP contribution < -0.4 is 5.32 Å². The number of hydrogen-bond acceptors (Lipinski definition) is 4. The molecule has 2 heterocycles. The highest BCUT2D eigenvalue weighted by Gasteiger charge is 2.30. The van der Waals surface area contributed by atoms with Gasteiger partial charge in [0.05, 0.1) is 24.0 Å². The Morgan fingerprint density at radius 1 is 1.28 bits per heavy atom. The van der Waals surface area contributed by atoms with Crippen LogP contribution in [0, 0.1) is 0 Å². The van der Waals surface area contributed by atoms with Crippen LogP contribution in [0.2, 0.25) is 0 Å². The Morgan fingerprint density at radius 3 is 2.56 bits per heavy atom. The molecule has 0 aliphatic carbocycles. The molecule has 0 unspecified atom stereocenters. The summed E-state index contributed by atoms with van der Waals surface area (Å²) in [6, 6.07) is 2.27. The lowest BCUT2D eigenvalue weighted by molar-refractivity contribution is -0.137. The number of anilines is 1. The second-order valence-corrected chi connectivity index (χ2v) is 3.63. The van der Waals surface area contributed by atoms with Crippen molar-refractivity contribution in [1.29, 1.82) is 0 Å². The van der Waals surface area contributed by atoms with Crippen molar-refractivity contribution in [3.8, 4) is 0 Å². The molecule has 0 aliphatic rings. The van der Waals surface area contributed by atoms with E-state index in [1.54, 1.807) is 17.9 Å². The summed E-state index contributed by atoms with van der Waals surface area (Å²) in [5.41, 5.74) is 0.0342. The minimum atomic E-state index is -4.36. The van der Waals surface area contributed by atoms with Gasteiger partial charge in [-0.15, -0.1) is 5.10 Å². The summed E-state index contributed by atoms with van der Waals surface area (Å²) in [4.78, 5) is 3.69. The van der Waals surface area contributed by atoms with Gasteiger partial charge in [-0.3, -0.25) is 4.68 Å². The van der Waals surface area contributed by atoms with E-state index in [4.69, 9.17) is 0 Å². The normalized spacial score (nSPS) is 11.6. The summed E-state index contributed by atoms with van der Waals surface area (Å²) in [5, 5.41) is 10.3. The predicted octanol–water partition coefficient (Wildman–Crippen LogP) is 1.84. The lowest BCUT2D eigenvalue weighted by Crippen LogP contribution is -2.08. The minimum Gasteiger partial charge on any atom is -0.364 e. The molecule has 0 aromatic carbocycles. The molecule has 1 N–H and O–H groups in total. The Morgan fingerprint density at radius 2 is 2.06 bits per heavy atom. The third-order valence-electron chi connectivity index (χ3n) is 2.35. The van der Waals surface area contributed by atoms with Crippen LogP contribution in [0.15, 0.2) is 24.5 Å². The molecule has 0 saturated carbocycles. The summed E-state index contributed by atoms with van der Waals surface area (Å²) < 4.78 is 38.5. The average molecular weight is 257 g/mol. The van der Waals surface area contributed by atoms with Gasteiger partial charge >= 0.3 is 6.18 Å². The summed E-state index contributed by atoms with van der Waals surface area (Å²) in [7, 11) is 1.73. The first kappa shape index (κ1) is 12.3. The third kappa shape index (κ3) is 2.76. The number of halogens is 3. The Kier molecular flexibility index (Phi) is 3.17. The van der Waals surface area contributed by atoms with Gasteiger partial charge in [0.2, 0.25) is 0 Å². The fraction of sp³-hybridized carbons (Fsp3) is 0.300. The Balaban J connectivity index is 2.01. The highest BCUT2D eigenvalue weighted by atomic mass is 19.4. The van der Waals surface area contributed by atoms with E-state index in [-0.39, 0.29) is 0 Å². The van der Waals surface area contributed by atoms with Gasteiger partial charge in [0.15, 0.2) is 0 Å². The van der Waals surface area contributed by atoms with Crippen LogP contribution in [0.5, 0.6) is 0 Å². The quantitative estimate of drug-likeness (QED) is 0.911. The number of rotatable bonds is 3. The van der Waals surface area contributed by atoms with Gasteiger partial charge in [-0.25, -0.2) is 4.98 Å². The van der Waals surface area contributed by atoms with Gasteiger partial charge < -0.3 is 5.32 Å². The van der Waals surface area contributed by atoms with Gasteiger partial charge in [0.25, 0.3) is 0 Å². The first-order chi connectivity index (χ1) is 8.47. The van der Waals surface area contributed by atoms with Crippen LogP contribution in [0.1, 0.15) is 11.3 Å². The number of alkyl halides is 3. The standard InChI is InChI=1S/C10H10F3N5/c1-18-8(6-16-17-18)5-15-9-3-2-7(4-14-9)10(11,12)13/h2-4,6H,5H2,1H3,(H,14,15). The fourth-order valence-corrected chi connectivity index (χ4v) is 1.32. The smallest absolute Gasteiger partial charge is 0.364 e. The summed E-state index contributed by atoms with van der Waals surface area (Å²) in [6.07, 6.45) is -2.00. The van der Waals surface area contributed by atoms with Gasteiger partial charge in [0.1, 0.15) is 5.82 Å². The van der Waals surface area contributed by atoms with Crippen LogP contribution in [0.4, 0.5) is 19.0 Å². The van der Waals surface area contributed by atoms with Gasteiger partial charge in [-0.2, -0.15) is 13.2 Å². The van der Waals surface area contributed by atoms with E-state index in [0.717, 1.165) is 18.0 Å². The highest BCUT2D eigenvalue weighted by Crippen LogP contribution is 2.28. The van der Waals surface area contributed by atoms with E-state index < -0.39 is 11.7 Å². The summed E-state index contributed by atoms with van der Waals surface area (Å²) >= 11 is 0. The molecule has 5 nitrogen and oxygen atoms in total. The number of nitrogens with zero attached hydrogens (tertiary/aromatic N) is 4.